The molecule has 4 aliphatic heterocycles. The highest BCUT2D eigenvalue weighted by molar-refractivity contribution is 5.67. The number of likely N-dealkylation sites (tertiary alicyclic amines) is 4. The van der Waals surface area contributed by atoms with E-state index in [0.717, 1.165) is 147 Å². The molecule has 1 N–H and O–H groups in total. The van der Waals surface area contributed by atoms with Crippen LogP contribution in [0, 0.1) is 28.9 Å². The monoisotopic (exact) mass is 1070 g/mol. The van der Waals surface area contributed by atoms with Crippen molar-refractivity contribution in [2.24, 2.45) is 17.3 Å². The van der Waals surface area contributed by atoms with E-state index in [1.807, 2.05) is 12.1 Å². The number of aliphatic carboxylic acids is 1. The first-order valence-corrected chi connectivity index (χ1v) is 30.2. The molecule has 6 unspecified atom stereocenters. The zero-order valence-corrected chi connectivity index (χ0v) is 47.9. The Morgan fingerprint density at radius 2 is 1.01 bits per heavy atom. The van der Waals surface area contributed by atoms with Crippen molar-refractivity contribution in [1.29, 1.82) is 0 Å². The first-order valence-electron chi connectivity index (χ1n) is 30.2. The fourth-order valence-electron chi connectivity index (χ4n) is 15.3. The minimum atomic E-state index is -0.745. The molecule has 0 bridgehead atoms. The second-order valence-corrected chi connectivity index (χ2v) is 24.5. The van der Waals surface area contributed by atoms with Crippen LogP contribution in [0.1, 0.15) is 154 Å². The summed E-state index contributed by atoms with van der Waals surface area (Å²) in [5.41, 5.74) is 9.79. The largest absolute Gasteiger partial charge is 0.481 e. The summed E-state index contributed by atoms with van der Waals surface area (Å²) in [6.45, 7) is 22.3. The summed E-state index contributed by atoms with van der Waals surface area (Å²) in [5.74, 6) is 0.760. The SMILES string of the molecule is CCn1ncc(Cc2ccccc2)c1C1CCN(CC2CN(C(C)CC(CC)(CC(=O)O)CC(C)N3CC(CN4CCC(c5c(Cc6ccccc6)cnn5CC)CC4)C(c4cccc(F)c4)C3)CC2c2cccc(F)c2)CC1. The average Bonchev–Trinajstić information content (AvgIpc) is 4.30. The van der Waals surface area contributed by atoms with Crippen LogP contribution in [0.5, 0.6) is 0 Å². The van der Waals surface area contributed by atoms with Crippen molar-refractivity contribution in [3.8, 4) is 0 Å². The van der Waals surface area contributed by atoms with Crippen LogP contribution in [0.2, 0.25) is 0 Å². The predicted molar refractivity (Wildman–Crippen MR) is 313 cm³/mol. The Hall–Kier alpha value is -5.53. The maximum Gasteiger partial charge on any atom is 0.303 e. The molecule has 4 saturated heterocycles. The van der Waals surface area contributed by atoms with Crippen LogP contribution < -0.4 is 0 Å². The van der Waals surface area contributed by atoms with E-state index in [9.17, 15) is 9.90 Å². The summed E-state index contributed by atoms with van der Waals surface area (Å²) in [7, 11) is 0. The lowest BCUT2D eigenvalue weighted by Crippen LogP contribution is -2.43. The number of hydrogen-bond donors (Lipinski definition) is 1. The molecule has 10 rings (SSSR count). The molecule has 6 heterocycles. The summed E-state index contributed by atoms with van der Waals surface area (Å²) in [6.07, 6.45) is 12.7. The number of carboxylic acids is 1. The van der Waals surface area contributed by atoms with Crippen molar-refractivity contribution in [3.63, 3.8) is 0 Å². The molecule has 0 amide bonds. The van der Waals surface area contributed by atoms with Crippen molar-refractivity contribution in [2.75, 3.05) is 65.4 Å². The molecule has 4 aromatic carbocycles. The van der Waals surface area contributed by atoms with Gasteiger partial charge in [0.1, 0.15) is 11.6 Å². The molecule has 10 nitrogen and oxygen atoms in total. The van der Waals surface area contributed by atoms with Crippen molar-refractivity contribution < 1.29 is 18.7 Å². The van der Waals surface area contributed by atoms with E-state index < -0.39 is 11.4 Å². The average molecular weight is 1080 g/mol. The van der Waals surface area contributed by atoms with Gasteiger partial charge in [0.15, 0.2) is 0 Å². The molecule has 0 radical (unpaired) electrons. The van der Waals surface area contributed by atoms with Crippen molar-refractivity contribution in [3.05, 3.63) is 178 Å². The highest BCUT2D eigenvalue weighted by Crippen LogP contribution is 2.45. The maximum atomic E-state index is 15.0. The summed E-state index contributed by atoms with van der Waals surface area (Å²) < 4.78 is 34.5. The second-order valence-electron chi connectivity index (χ2n) is 24.5. The van der Waals surface area contributed by atoms with Gasteiger partial charge in [0.05, 0.1) is 18.8 Å². The number of nitrogens with zero attached hydrogens (tertiary/aromatic N) is 8. The lowest BCUT2D eigenvalue weighted by molar-refractivity contribution is -0.140. The van der Waals surface area contributed by atoms with E-state index in [2.05, 4.69) is 149 Å². The quantitative estimate of drug-likeness (QED) is 0.0679. The molecule has 0 aliphatic carbocycles. The van der Waals surface area contributed by atoms with Crippen LogP contribution in [-0.2, 0) is 30.7 Å². The van der Waals surface area contributed by atoms with Crippen molar-refractivity contribution in [1.82, 2.24) is 39.2 Å². The molecule has 12 heteroatoms. The Bertz CT molecular complexity index is 2710. The number of carboxylic acid groups (broad SMARTS) is 1. The van der Waals surface area contributed by atoms with Crippen molar-refractivity contribution in [2.45, 2.75) is 148 Å². The number of hydrogen-bond acceptors (Lipinski definition) is 7. The lowest BCUT2D eigenvalue weighted by atomic mass is 9.71. The Morgan fingerprint density at radius 1 is 0.595 bits per heavy atom. The number of aryl methyl sites for hydroxylation is 2. The van der Waals surface area contributed by atoms with Crippen LogP contribution in [0.15, 0.2) is 122 Å². The molecule has 2 aromatic heterocycles. The number of aromatic nitrogens is 4. The zero-order chi connectivity index (χ0) is 55.0. The number of benzene rings is 4. The molecule has 0 spiro atoms. The molecular formula is C67H88F2N8O2. The summed E-state index contributed by atoms with van der Waals surface area (Å²) in [6, 6.07) is 36.2. The summed E-state index contributed by atoms with van der Waals surface area (Å²) in [4.78, 5) is 23.5. The highest BCUT2D eigenvalue weighted by Gasteiger charge is 2.44. The highest BCUT2D eigenvalue weighted by atomic mass is 19.1. The predicted octanol–water partition coefficient (Wildman–Crippen LogP) is 12.5. The summed E-state index contributed by atoms with van der Waals surface area (Å²) >= 11 is 0. The van der Waals surface area contributed by atoms with Crippen LogP contribution in [0.3, 0.4) is 0 Å². The van der Waals surface area contributed by atoms with E-state index >= 15 is 8.78 Å². The lowest BCUT2D eigenvalue weighted by Gasteiger charge is -2.41. The van der Waals surface area contributed by atoms with Gasteiger partial charge in [0.25, 0.3) is 0 Å². The molecular weight excluding hydrogens is 987 g/mol. The maximum absolute atomic E-state index is 15.0. The third-order valence-corrected chi connectivity index (χ3v) is 19.4. The fraction of sp³-hybridized carbons (Fsp3) is 0.537. The Morgan fingerprint density at radius 3 is 1.38 bits per heavy atom. The van der Waals surface area contributed by atoms with Gasteiger partial charge in [-0.25, -0.2) is 8.78 Å². The van der Waals surface area contributed by atoms with Gasteiger partial charge in [0.2, 0.25) is 0 Å². The first kappa shape index (κ1) is 56.7. The number of halogens is 2. The molecule has 6 aromatic rings. The molecule has 4 fully saturated rings. The molecule has 4 aliphatic rings. The number of carbonyl (C=O) groups is 1. The third kappa shape index (κ3) is 13.6. The van der Waals surface area contributed by atoms with Gasteiger partial charge in [-0.1, -0.05) is 91.9 Å². The van der Waals surface area contributed by atoms with Crippen LogP contribution in [0.4, 0.5) is 8.78 Å². The van der Waals surface area contributed by atoms with Crippen LogP contribution >= 0.6 is 0 Å². The van der Waals surface area contributed by atoms with Crippen molar-refractivity contribution >= 4 is 5.97 Å². The number of piperidine rings is 2. The van der Waals surface area contributed by atoms with Gasteiger partial charge < -0.3 is 14.9 Å². The second kappa shape index (κ2) is 25.9. The van der Waals surface area contributed by atoms with Crippen LogP contribution in [0.25, 0.3) is 0 Å². The number of rotatable bonds is 23. The van der Waals surface area contributed by atoms with Gasteiger partial charge in [-0.2, -0.15) is 10.2 Å². The van der Waals surface area contributed by atoms with Gasteiger partial charge in [-0.15, -0.1) is 0 Å². The molecule has 6 atom stereocenters. The van der Waals surface area contributed by atoms with Gasteiger partial charge in [0, 0.05) is 112 Å². The molecule has 79 heavy (non-hydrogen) atoms. The minimum Gasteiger partial charge on any atom is -0.481 e. The topological polar surface area (TPSA) is 85.9 Å². The minimum absolute atomic E-state index is 0.116. The Kier molecular flexibility index (Phi) is 18.6. The van der Waals surface area contributed by atoms with E-state index in [1.54, 1.807) is 24.3 Å². The molecule has 422 valence electrons. The van der Waals surface area contributed by atoms with E-state index in [-0.39, 0.29) is 42.0 Å². The van der Waals surface area contributed by atoms with Gasteiger partial charge in [-0.05, 0) is 174 Å². The van der Waals surface area contributed by atoms with Gasteiger partial charge in [-0.3, -0.25) is 24.0 Å². The standard InChI is InChI=1S/C67H88F2N8O2/c1-6-67(39-64(78)79,37-48(4)74-44-58(62(46-74)54-21-15-23-60(68)35-54)42-72-29-25-52(26-30-72)65-56(40-70-76(65)7-2)33-50-17-11-9-12-18-50)38-49(5)75-45-59(63(47-75)55-22-16-24-61(69)36-55)43-73-31-27-53(28-32-73)66-57(41-71-77(66)8-3)34-51-19-13-10-14-20-51/h9-24,35-36,40-41,48-49,52-53,58-59,62-63H,6-8,25-34,37-39,42-47H2,1-5H3,(H,78,79). The fourth-order valence-corrected chi connectivity index (χ4v) is 15.3. The summed E-state index contributed by atoms with van der Waals surface area (Å²) in [5, 5.41) is 20.4. The Labute approximate surface area is 470 Å². The van der Waals surface area contributed by atoms with Gasteiger partial charge >= 0.3 is 5.97 Å². The third-order valence-electron chi connectivity index (χ3n) is 19.4. The first-order chi connectivity index (χ1) is 38.4. The van der Waals surface area contributed by atoms with E-state index in [0.29, 0.717) is 23.7 Å². The van der Waals surface area contributed by atoms with E-state index in [1.165, 1.54) is 33.6 Å². The Balaban J connectivity index is 0.802. The molecule has 0 saturated carbocycles. The van der Waals surface area contributed by atoms with E-state index in [4.69, 9.17) is 10.2 Å². The smallest absolute Gasteiger partial charge is 0.303 e. The normalized spacial score (nSPS) is 22.8. The van der Waals surface area contributed by atoms with Crippen LogP contribution in [-0.4, -0.2) is 128 Å². The zero-order valence-electron chi connectivity index (χ0n) is 47.9.